The third kappa shape index (κ3) is 5.02. The predicted octanol–water partition coefficient (Wildman–Crippen LogP) is 1.61. The van der Waals surface area contributed by atoms with Gasteiger partial charge in [0.15, 0.2) is 6.10 Å². The van der Waals surface area contributed by atoms with Crippen LogP contribution in [0.1, 0.15) is 43.5 Å². The summed E-state index contributed by atoms with van der Waals surface area (Å²) in [5.41, 5.74) is 0.779. The van der Waals surface area contributed by atoms with Crippen LogP contribution in [0.25, 0.3) is 0 Å². The number of nitrogens with one attached hydrogen (secondary N) is 1. The number of nitrogens with zero attached hydrogens (tertiary/aromatic N) is 2. The van der Waals surface area contributed by atoms with Gasteiger partial charge in [0.05, 0.1) is 16.1 Å². The number of benzene rings is 1. The van der Waals surface area contributed by atoms with Crippen molar-refractivity contribution in [2.75, 3.05) is 38.6 Å². The van der Waals surface area contributed by atoms with E-state index in [4.69, 9.17) is 4.74 Å². The van der Waals surface area contributed by atoms with E-state index < -0.39 is 22.1 Å². The highest BCUT2D eigenvalue weighted by Crippen LogP contribution is 2.29. The highest BCUT2D eigenvalue weighted by atomic mass is 32.2. The number of hydrogen-bond acceptors (Lipinski definition) is 6. The molecule has 28 heavy (non-hydrogen) atoms. The Balaban J connectivity index is 2.35. The second-order valence-corrected chi connectivity index (χ2v) is 9.15. The van der Waals surface area contributed by atoms with Gasteiger partial charge in [0.25, 0.3) is 5.91 Å². The quantitative estimate of drug-likeness (QED) is 0.653. The maximum Gasteiger partial charge on any atom is 0.341 e. The molecule has 1 aliphatic rings. The molecule has 0 aliphatic carbocycles. The van der Waals surface area contributed by atoms with Crippen molar-refractivity contribution >= 4 is 27.6 Å². The minimum absolute atomic E-state index is 0.00971. The van der Waals surface area contributed by atoms with Crippen molar-refractivity contribution in [1.82, 2.24) is 9.62 Å². The molecule has 9 heteroatoms. The third-order valence-electron chi connectivity index (χ3n) is 4.62. The van der Waals surface area contributed by atoms with E-state index in [0.717, 1.165) is 36.7 Å². The summed E-state index contributed by atoms with van der Waals surface area (Å²) in [6, 6.07) is 4.47. The van der Waals surface area contributed by atoms with E-state index in [1.807, 2.05) is 11.8 Å². The Morgan fingerprint density at radius 2 is 1.89 bits per heavy atom. The molecule has 1 aromatic carbocycles. The van der Waals surface area contributed by atoms with Gasteiger partial charge in [-0.05, 0) is 44.4 Å². The SMILES string of the molecule is CCCNC(=O)[C@@H](C)OC(=O)c1cc(S(=O)(=O)N(C)C)ccc1N1CCCC1. The van der Waals surface area contributed by atoms with Crippen molar-refractivity contribution in [2.45, 2.75) is 44.1 Å². The van der Waals surface area contributed by atoms with Crippen LogP contribution < -0.4 is 10.2 Å². The number of amides is 1. The van der Waals surface area contributed by atoms with Crippen LogP contribution in [0, 0.1) is 0 Å². The zero-order valence-corrected chi connectivity index (χ0v) is 17.7. The standard InChI is InChI=1S/C19H29N3O5S/c1-5-10-20-18(23)14(2)27-19(24)16-13-15(28(25,26)21(3)4)8-9-17(16)22-11-6-7-12-22/h8-9,13-14H,5-7,10-12H2,1-4H3,(H,20,23)/t14-/m1/s1. The first kappa shape index (κ1) is 22.2. The summed E-state index contributed by atoms with van der Waals surface area (Å²) in [6.07, 6.45) is 1.81. The summed E-state index contributed by atoms with van der Waals surface area (Å²) >= 11 is 0. The maximum atomic E-state index is 12.8. The lowest BCUT2D eigenvalue weighted by molar-refractivity contribution is -0.129. The molecular weight excluding hydrogens is 382 g/mol. The van der Waals surface area contributed by atoms with Crippen LogP contribution in [0.3, 0.4) is 0 Å². The average molecular weight is 412 g/mol. The van der Waals surface area contributed by atoms with Gasteiger partial charge in [0.2, 0.25) is 10.0 Å². The summed E-state index contributed by atoms with van der Waals surface area (Å²) in [5, 5.41) is 2.68. The van der Waals surface area contributed by atoms with Crippen LogP contribution >= 0.6 is 0 Å². The first-order valence-electron chi connectivity index (χ1n) is 9.48. The Kier molecular flexibility index (Phi) is 7.42. The molecule has 0 radical (unpaired) electrons. The molecule has 1 heterocycles. The zero-order valence-electron chi connectivity index (χ0n) is 16.9. The largest absolute Gasteiger partial charge is 0.449 e. The van der Waals surface area contributed by atoms with Gasteiger partial charge in [-0.3, -0.25) is 4.79 Å². The number of carbonyl (C=O) groups excluding carboxylic acids is 2. The summed E-state index contributed by atoms with van der Waals surface area (Å²) < 4.78 is 31.4. The number of hydrogen-bond donors (Lipinski definition) is 1. The number of esters is 1. The fourth-order valence-electron chi connectivity index (χ4n) is 2.95. The molecule has 0 aromatic heterocycles. The topological polar surface area (TPSA) is 96.0 Å². The Morgan fingerprint density at radius 1 is 1.25 bits per heavy atom. The van der Waals surface area contributed by atoms with Crippen LogP contribution in [0.5, 0.6) is 0 Å². The molecule has 1 aliphatic heterocycles. The van der Waals surface area contributed by atoms with Gasteiger partial charge >= 0.3 is 5.97 Å². The van der Waals surface area contributed by atoms with Crippen molar-refractivity contribution in [3.8, 4) is 0 Å². The molecule has 1 amide bonds. The molecule has 0 saturated carbocycles. The molecule has 1 fully saturated rings. The third-order valence-corrected chi connectivity index (χ3v) is 6.43. The minimum Gasteiger partial charge on any atom is -0.449 e. The molecule has 156 valence electrons. The molecule has 0 unspecified atom stereocenters. The minimum atomic E-state index is -3.70. The van der Waals surface area contributed by atoms with E-state index in [2.05, 4.69) is 5.32 Å². The average Bonchev–Trinajstić information content (AvgIpc) is 3.19. The van der Waals surface area contributed by atoms with E-state index in [9.17, 15) is 18.0 Å². The fourth-order valence-corrected chi connectivity index (χ4v) is 3.88. The van der Waals surface area contributed by atoms with Crippen LogP contribution in [0.2, 0.25) is 0 Å². The highest BCUT2D eigenvalue weighted by Gasteiger charge is 2.27. The van der Waals surface area contributed by atoms with Crippen molar-refractivity contribution < 1.29 is 22.7 Å². The number of anilines is 1. The van der Waals surface area contributed by atoms with E-state index in [1.165, 1.54) is 33.2 Å². The van der Waals surface area contributed by atoms with Crippen molar-refractivity contribution in [3.63, 3.8) is 0 Å². The Hall–Kier alpha value is -2.13. The van der Waals surface area contributed by atoms with Crippen LogP contribution in [-0.4, -0.2) is 64.4 Å². The summed E-state index contributed by atoms with van der Waals surface area (Å²) in [5.74, 6) is -1.09. The normalized spacial score (nSPS) is 15.5. The smallest absolute Gasteiger partial charge is 0.341 e. The van der Waals surface area contributed by atoms with Gasteiger partial charge < -0.3 is 15.0 Å². The Morgan fingerprint density at radius 3 is 2.46 bits per heavy atom. The van der Waals surface area contributed by atoms with E-state index in [0.29, 0.717) is 12.2 Å². The lowest BCUT2D eigenvalue weighted by Crippen LogP contribution is -2.36. The molecule has 2 rings (SSSR count). The fraction of sp³-hybridized carbons (Fsp3) is 0.579. The van der Waals surface area contributed by atoms with Crippen LogP contribution in [0.4, 0.5) is 5.69 Å². The zero-order chi connectivity index (χ0) is 20.9. The van der Waals surface area contributed by atoms with E-state index in [1.54, 1.807) is 6.07 Å². The van der Waals surface area contributed by atoms with E-state index in [-0.39, 0.29) is 16.4 Å². The van der Waals surface area contributed by atoms with Gasteiger partial charge in [0.1, 0.15) is 0 Å². The molecule has 0 bridgehead atoms. The highest BCUT2D eigenvalue weighted by molar-refractivity contribution is 7.89. The number of sulfonamides is 1. The maximum absolute atomic E-state index is 12.8. The van der Waals surface area contributed by atoms with Gasteiger partial charge in [-0.2, -0.15) is 0 Å². The molecule has 8 nitrogen and oxygen atoms in total. The predicted molar refractivity (Wildman–Crippen MR) is 107 cm³/mol. The van der Waals surface area contributed by atoms with Gasteiger partial charge in [0, 0.05) is 33.7 Å². The lowest BCUT2D eigenvalue weighted by Gasteiger charge is -2.23. The first-order valence-corrected chi connectivity index (χ1v) is 10.9. The van der Waals surface area contributed by atoms with Crippen molar-refractivity contribution in [2.24, 2.45) is 0 Å². The summed E-state index contributed by atoms with van der Waals surface area (Å²) in [4.78, 5) is 26.9. The summed E-state index contributed by atoms with van der Waals surface area (Å²) in [7, 11) is -0.837. The molecule has 1 N–H and O–H groups in total. The molecule has 0 spiro atoms. The Bertz CT molecular complexity index is 817. The number of ether oxygens (including phenoxy) is 1. The monoisotopic (exact) mass is 411 g/mol. The number of rotatable bonds is 8. The summed E-state index contributed by atoms with van der Waals surface area (Å²) in [6.45, 7) is 5.49. The van der Waals surface area contributed by atoms with Gasteiger partial charge in [-0.25, -0.2) is 17.5 Å². The second kappa shape index (κ2) is 9.38. The molecule has 1 saturated heterocycles. The first-order chi connectivity index (χ1) is 13.2. The lowest BCUT2D eigenvalue weighted by atomic mass is 10.1. The molecule has 1 atom stereocenters. The van der Waals surface area contributed by atoms with Crippen LogP contribution in [-0.2, 0) is 19.6 Å². The van der Waals surface area contributed by atoms with Crippen molar-refractivity contribution in [1.29, 1.82) is 0 Å². The van der Waals surface area contributed by atoms with Crippen LogP contribution in [0.15, 0.2) is 23.1 Å². The van der Waals surface area contributed by atoms with Crippen molar-refractivity contribution in [3.05, 3.63) is 23.8 Å². The molecular formula is C19H29N3O5S. The Labute approximate surface area is 166 Å². The number of carbonyl (C=O) groups is 2. The van der Waals surface area contributed by atoms with E-state index >= 15 is 0 Å². The van der Waals surface area contributed by atoms with Gasteiger partial charge in [-0.1, -0.05) is 6.92 Å². The van der Waals surface area contributed by atoms with Gasteiger partial charge in [-0.15, -0.1) is 0 Å². The second-order valence-electron chi connectivity index (χ2n) is 7.00. The molecule has 1 aromatic rings.